The lowest BCUT2D eigenvalue weighted by Crippen LogP contribution is -2.51. The number of halogens is 6. The first-order valence-electron chi connectivity index (χ1n) is 12.8. The molecular formula is C27H24ClF5N4O3S. The van der Waals surface area contributed by atoms with E-state index in [-0.39, 0.29) is 41.3 Å². The summed E-state index contributed by atoms with van der Waals surface area (Å²) in [6, 6.07) is 2.20. The molecule has 3 aliphatic rings. The lowest BCUT2D eigenvalue weighted by atomic mass is 9.88. The molecule has 2 aromatic carbocycles. The predicted octanol–water partition coefficient (Wildman–Crippen LogP) is 4.76. The van der Waals surface area contributed by atoms with E-state index in [4.69, 9.17) is 16.3 Å². The molecule has 2 fully saturated rings. The average Bonchev–Trinajstić information content (AvgIpc) is 3.11. The fraction of sp³-hybridized carbons (Fsp3) is 0.407. The summed E-state index contributed by atoms with van der Waals surface area (Å²) in [5.74, 6) is -1.93. The van der Waals surface area contributed by atoms with Crippen LogP contribution in [0.4, 0.5) is 27.8 Å². The van der Waals surface area contributed by atoms with Gasteiger partial charge < -0.3 is 14.7 Å². The largest absolute Gasteiger partial charge is 0.417 e. The highest BCUT2D eigenvalue weighted by Crippen LogP contribution is 2.51. The van der Waals surface area contributed by atoms with Gasteiger partial charge in [0.15, 0.2) is 0 Å². The van der Waals surface area contributed by atoms with Crippen molar-refractivity contribution < 1.29 is 31.8 Å². The van der Waals surface area contributed by atoms with E-state index in [0.29, 0.717) is 38.1 Å². The Labute approximate surface area is 240 Å². The van der Waals surface area contributed by atoms with E-state index in [0.717, 1.165) is 23.9 Å². The third-order valence-electron chi connectivity index (χ3n) is 7.81. The number of hydrogen-bond donors (Lipinski definition) is 1. The first kappa shape index (κ1) is 28.4. The van der Waals surface area contributed by atoms with Crippen molar-refractivity contribution >= 4 is 40.1 Å². The van der Waals surface area contributed by atoms with Crippen LogP contribution in [0.15, 0.2) is 40.5 Å². The Bertz CT molecular complexity index is 1620. The molecule has 1 aromatic heterocycles. The van der Waals surface area contributed by atoms with Crippen molar-refractivity contribution in [2.24, 2.45) is 5.41 Å². The fourth-order valence-corrected chi connectivity index (χ4v) is 7.24. The van der Waals surface area contributed by atoms with E-state index in [1.54, 1.807) is 9.80 Å². The number of nitrogens with zero attached hydrogens (tertiary/aromatic N) is 4. The summed E-state index contributed by atoms with van der Waals surface area (Å²) >= 11 is 7.01. The number of piperazine rings is 1. The van der Waals surface area contributed by atoms with Gasteiger partial charge in [-0.2, -0.15) is 18.2 Å². The Balaban J connectivity index is 1.64. The van der Waals surface area contributed by atoms with Gasteiger partial charge in [-0.1, -0.05) is 18.2 Å². The van der Waals surface area contributed by atoms with Gasteiger partial charge >= 0.3 is 11.9 Å². The summed E-state index contributed by atoms with van der Waals surface area (Å²) in [6.45, 7) is 5.61. The molecule has 1 spiro atoms. The van der Waals surface area contributed by atoms with Crippen LogP contribution >= 0.6 is 23.4 Å². The van der Waals surface area contributed by atoms with Crippen molar-refractivity contribution in [3.63, 3.8) is 0 Å². The maximum absolute atomic E-state index is 15.2. The van der Waals surface area contributed by atoms with E-state index < -0.39 is 56.9 Å². The Morgan fingerprint density at radius 1 is 1.15 bits per heavy atom. The minimum Gasteiger partial charge on any atom is -0.380 e. The standard InChI is InChI=1S/C27H24ClF5N4O3S/c1-2-20(38)35-3-5-36(6-4-35)24-15-7-16(27(31,32)33)21(14-8-17(28)19(30)9-18(14)29)23-22(15)37(25(39)34-24)10-26(13-41-23)11-40-12-26/h2,7-9,20,38H,1,3-6,10-13H2. The van der Waals surface area contributed by atoms with Crippen molar-refractivity contribution in [2.75, 3.05) is 50.0 Å². The molecule has 3 aliphatic heterocycles. The van der Waals surface area contributed by atoms with Crippen LogP contribution in [-0.4, -0.2) is 70.9 Å². The molecule has 7 nitrogen and oxygen atoms in total. The summed E-state index contributed by atoms with van der Waals surface area (Å²) in [5, 5.41) is 9.68. The van der Waals surface area contributed by atoms with Crippen LogP contribution in [0.5, 0.6) is 0 Å². The predicted molar refractivity (Wildman–Crippen MR) is 145 cm³/mol. The van der Waals surface area contributed by atoms with Crippen molar-refractivity contribution in [1.29, 1.82) is 0 Å². The number of hydrogen-bond acceptors (Lipinski definition) is 7. The van der Waals surface area contributed by atoms with Crippen molar-refractivity contribution in [3.05, 3.63) is 63.6 Å². The summed E-state index contributed by atoms with van der Waals surface area (Å²) in [4.78, 5) is 21.3. The number of aliphatic hydroxyl groups is 1. The molecule has 1 N–H and O–H groups in total. The second-order valence-corrected chi connectivity index (χ2v) is 11.9. The molecule has 14 heteroatoms. The third-order valence-corrected chi connectivity index (χ3v) is 9.55. The maximum Gasteiger partial charge on any atom is 0.417 e. The van der Waals surface area contributed by atoms with Crippen LogP contribution in [0.1, 0.15) is 5.56 Å². The van der Waals surface area contributed by atoms with Crippen molar-refractivity contribution in [2.45, 2.75) is 23.8 Å². The number of aromatic nitrogens is 2. The molecule has 0 aliphatic carbocycles. The van der Waals surface area contributed by atoms with Crippen molar-refractivity contribution in [3.8, 4) is 11.1 Å². The zero-order chi connectivity index (χ0) is 29.3. The van der Waals surface area contributed by atoms with Crippen LogP contribution in [0.3, 0.4) is 0 Å². The van der Waals surface area contributed by atoms with Gasteiger partial charge in [-0.3, -0.25) is 9.47 Å². The monoisotopic (exact) mass is 614 g/mol. The topological polar surface area (TPSA) is 70.8 Å². The zero-order valence-corrected chi connectivity index (χ0v) is 23.1. The number of rotatable bonds is 4. The molecular weight excluding hydrogens is 591 g/mol. The second kappa shape index (κ2) is 10.2. The summed E-state index contributed by atoms with van der Waals surface area (Å²) in [5.41, 5.74) is -3.15. The molecule has 0 radical (unpaired) electrons. The number of alkyl halides is 3. The normalized spacial score (nSPS) is 19.7. The number of aliphatic hydroxyl groups excluding tert-OH is 1. The lowest BCUT2D eigenvalue weighted by molar-refractivity contribution is -0.137. The first-order chi connectivity index (χ1) is 19.4. The number of benzene rings is 2. The van der Waals surface area contributed by atoms with Gasteiger partial charge in [-0.05, 0) is 18.2 Å². The highest BCUT2D eigenvalue weighted by atomic mass is 35.5. The van der Waals surface area contributed by atoms with E-state index in [1.807, 2.05) is 0 Å². The zero-order valence-electron chi connectivity index (χ0n) is 21.5. The Morgan fingerprint density at radius 2 is 1.85 bits per heavy atom. The first-order valence-corrected chi connectivity index (χ1v) is 14.1. The molecule has 3 aromatic rings. The summed E-state index contributed by atoms with van der Waals surface area (Å²) in [7, 11) is 0. The van der Waals surface area contributed by atoms with Crippen LogP contribution in [-0.2, 0) is 17.5 Å². The average molecular weight is 615 g/mol. The van der Waals surface area contributed by atoms with Gasteiger partial charge in [0.1, 0.15) is 23.7 Å². The lowest BCUT2D eigenvalue weighted by Gasteiger charge is -2.40. The molecule has 1 unspecified atom stereocenters. The smallest absolute Gasteiger partial charge is 0.380 e. The fourth-order valence-electron chi connectivity index (χ4n) is 5.65. The number of anilines is 1. The molecule has 4 heterocycles. The maximum atomic E-state index is 15.2. The Morgan fingerprint density at radius 3 is 2.46 bits per heavy atom. The summed E-state index contributed by atoms with van der Waals surface area (Å²) < 4.78 is 80.3. The third kappa shape index (κ3) is 4.81. The quantitative estimate of drug-likeness (QED) is 0.258. The Hall–Kier alpha value is -2.71. The van der Waals surface area contributed by atoms with Crippen LogP contribution in [0, 0.1) is 17.0 Å². The SMILES string of the molecule is C=CC(O)N1CCN(c2nc(=O)n3c4c(c(-c5cc(Cl)c(F)cc5F)c(C(F)(F)F)cc24)SCC2(COC2)C3)CC1. The molecule has 41 heavy (non-hydrogen) atoms. The minimum absolute atomic E-state index is 0.0432. The highest BCUT2D eigenvalue weighted by molar-refractivity contribution is 7.99. The van der Waals surface area contributed by atoms with Gasteiger partial charge in [0, 0.05) is 71.4 Å². The van der Waals surface area contributed by atoms with E-state index in [9.17, 15) is 27.5 Å². The number of thioether (sulfide) groups is 1. The van der Waals surface area contributed by atoms with Gasteiger partial charge in [0.2, 0.25) is 0 Å². The minimum atomic E-state index is -4.94. The van der Waals surface area contributed by atoms with E-state index in [2.05, 4.69) is 11.6 Å². The van der Waals surface area contributed by atoms with Gasteiger partial charge in [0.25, 0.3) is 0 Å². The second-order valence-electron chi connectivity index (χ2n) is 10.5. The van der Waals surface area contributed by atoms with E-state index in [1.165, 1.54) is 10.6 Å². The highest BCUT2D eigenvalue weighted by Gasteiger charge is 2.45. The van der Waals surface area contributed by atoms with Crippen molar-refractivity contribution in [1.82, 2.24) is 14.5 Å². The molecule has 6 rings (SSSR count). The van der Waals surface area contributed by atoms with Crippen LogP contribution in [0.2, 0.25) is 5.02 Å². The van der Waals surface area contributed by atoms with Gasteiger partial charge in [-0.15, -0.1) is 11.8 Å². The molecule has 218 valence electrons. The van der Waals surface area contributed by atoms with Crippen LogP contribution < -0.4 is 10.6 Å². The Kier molecular flexibility index (Phi) is 7.09. The molecule has 0 bridgehead atoms. The van der Waals surface area contributed by atoms with Gasteiger partial charge in [0.05, 0.1) is 29.3 Å². The molecule has 1 atom stereocenters. The van der Waals surface area contributed by atoms with E-state index >= 15 is 4.39 Å². The van der Waals surface area contributed by atoms with Gasteiger partial charge in [-0.25, -0.2) is 13.6 Å². The molecule has 0 saturated carbocycles. The molecule has 2 saturated heterocycles. The molecule has 0 amide bonds. The summed E-state index contributed by atoms with van der Waals surface area (Å²) in [6.07, 6.45) is -4.45. The number of ether oxygens (including phenoxy) is 1. The van der Waals surface area contributed by atoms with Crippen LogP contribution in [0.25, 0.3) is 22.0 Å².